The molecule has 0 radical (unpaired) electrons. The number of nitrogens with one attached hydrogen (secondary N) is 1. The predicted octanol–water partition coefficient (Wildman–Crippen LogP) is 5.47. The van der Waals surface area contributed by atoms with Crippen LogP contribution in [0.25, 0.3) is 0 Å². The average molecular weight is 633 g/mol. The van der Waals surface area contributed by atoms with Gasteiger partial charge in [0, 0.05) is 29.1 Å². The molecule has 3 aromatic rings. The molecule has 1 aliphatic carbocycles. The molecule has 3 aromatic carbocycles. The van der Waals surface area contributed by atoms with Crippen molar-refractivity contribution in [3.63, 3.8) is 0 Å². The maximum absolute atomic E-state index is 14.2. The molecule has 1 fully saturated rings. The maximum atomic E-state index is 14.2. The highest BCUT2D eigenvalue weighted by atomic mass is 35.5. The number of hydrogen-bond acceptors (Lipinski definition) is 5. The molecular weight excluding hydrogens is 597 g/mol. The van der Waals surface area contributed by atoms with Crippen molar-refractivity contribution in [2.45, 2.75) is 50.7 Å². The molecule has 1 unspecified atom stereocenters. The van der Waals surface area contributed by atoms with Crippen molar-refractivity contribution >= 4 is 50.7 Å². The SMILES string of the molecule is COc1ccc(N(CC(=O)N(Cc2ccc(Cl)cc2Cl)C(Cc2ccccc2)C(=O)NC2CCCC2)S(C)(=O)=O)cc1. The molecule has 1 N–H and O–H groups in total. The summed E-state index contributed by atoms with van der Waals surface area (Å²) in [6, 6.07) is 19.9. The van der Waals surface area contributed by atoms with Gasteiger partial charge < -0.3 is 15.0 Å². The van der Waals surface area contributed by atoms with Gasteiger partial charge in [0.25, 0.3) is 0 Å². The molecule has 0 bridgehead atoms. The van der Waals surface area contributed by atoms with Crippen LogP contribution in [0.5, 0.6) is 5.75 Å². The van der Waals surface area contributed by atoms with Crippen molar-refractivity contribution in [2.24, 2.45) is 0 Å². The normalized spacial score (nSPS) is 14.3. The standard InChI is InChI=1S/C31H35Cl2N3O5S/c1-41-27-16-14-26(15-17-27)36(42(2,39)40)21-30(37)35(20-23-12-13-24(32)19-28(23)33)29(18-22-8-4-3-5-9-22)31(38)34-25-10-6-7-11-25/h3-5,8-9,12-17,19,25,29H,6-7,10-11,18,20-21H2,1-2H3,(H,34,38). The van der Waals surface area contributed by atoms with E-state index in [1.165, 1.54) is 12.0 Å². The number of carbonyl (C=O) groups excluding carboxylic acids is 2. The van der Waals surface area contributed by atoms with Crippen molar-refractivity contribution in [1.82, 2.24) is 10.2 Å². The Hall–Kier alpha value is -3.27. The van der Waals surface area contributed by atoms with Gasteiger partial charge >= 0.3 is 0 Å². The Balaban J connectivity index is 1.73. The zero-order chi connectivity index (χ0) is 30.3. The van der Waals surface area contributed by atoms with E-state index in [0.29, 0.717) is 27.0 Å². The van der Waals surface area contributed by atoms with E-state index >= 15 is 0 Å². The van der Waals surface area contributed by atoms with Gasteiger partial charge in [0.05, 0.1) is 19.1 Å². The van der Waals surface area contributed by atoms with Crippen LogP contribution < -0.4 is 14.4 Å². The minimum atomic E-state index is -3.88. The fraction of sp³-hybridized carbons (Fsp3) is 0.355. The van der Waals surface area contributed by atoms with Crippen molar-refractivity contribution in [2.75, 3.05) is 24.2 Å². The Bertz CT molecular complexity index is 1480. The van der Waals surface area contributed by atoms with Gasteiger partial charge in [-0.15, -0.1) is 0 Å². The van der Waals surface area contributed by atoms with Gasteiger partial charge in [0.2, 0.25) is 21.8 Å². The highest BCUT2D eigenvalue weighted by Gasteiger charge is 2.34. The van der Waals surface area contributed by atoms with Gasteiger partial charge in [0.15, 0.2) is 0 Å². The van der Waals surface area contributed by atoms with E-state index in [2.05, 4.69) is 5.32 Å². The molecule has 1 atom stereocenters. The third-order valence-corrected chi connectivity index (χ3v) is 9.10. The van der Waals surface area contributed by atoms with Crippen molar-refractivity contribution in [3.8, 4) is 5.75 Å². The Morgan fingerprint density at radius 3 is 2.26 bits per heavy atom. The Kier molecular flexibility index (Phi) is 10.8. The van der Waals surface area contributed by atoms with E-state index < -0.39 is 28.5 Å². The fourth-order valence-electron chi connectivity index (χ4n) is 5.12. The summed E-state index contributed by atoms with van der Waals surface area (Å²) >= 11 is 12.7. The number of halogens is 2. The molecule has 0 spiro atoms. The summed E-state index contributed by atoms with van der Waals surface area (Å²) in [5.41, 5.74) is 1.74. The van der Waals surface area contributed by atoms with Crippen LogP contribution in [-0.2, 0) is 32.6 Å². The molecule has 4 rings (SSSR count). The number of methoxy groups -OCH3 is 1. The largest absolute Gasteiger partial charge is 0.497 e. The molecule has 1 saturated carbocycles. The first-order valence-electron chi connectivity index (χ1n) is 13.7. The van der Waals surface area contributed by atoms with Crippen LogP contribution in [0.1, 0.15) is 36.8 Å². The Labute approximate surface area is 257 Å². The predicted molar refractivity (Wildman–Crippen MR) is 167 cm³/mol. The topological polar surface area (TPSA) is 96.0 Å². The molecule has 224 valence electrons. The lowest BCUT2D eigenvalue weighted by Gasteiger charge is -2.34. The summed E-state index contributed by atoms with van der Waals surface area (Å²) in [5, 5.41) is 3.91. The smallest absolute Gasteiger partial charge is 0.244 e. The number of hydrogen-bond donors (Lipinski definition) is 1. The van der Waals surface area contributed by atoms with E-state index in [1.807, 2.05) is 30.3 Å². The molecule has 0 heterocycles. The van der Waals surface area contributed by atoms with E-state index in [0.717, 1.165) is 41.8 Å². The van der Waals surface area contributed by atoms with Gasteiger partial charge in [-0.25, -0.2) is 8.42 Å². The van der Waals surface area contributed by atoms with E-state index in [9.17, 15) is 18.0 Å². The summed E-state index contributed by atoms with van der Waals surface area (Å²) in [6.45, 7) is -0.539. The molecule has 8 nitrogen and oxygen atoms in total. The van der Waals surface area contributed by atoms with Crippen LogP contribution in [0, 0.1) is 0 Å². The summed E-state index contributed by atoms with van der Waals surface area (Å²) in [4.78, 5) is 29.5. The number of benzene rings is 3. The lowest BCUT2D eigenvalue weighted by atomic mass is 10.0. The van der Waals surface area contributed by atoms with E-state index in [4.69, 9.17) is 27.9 Å². The second-order valence-corrected chi connectivity index (χ2v) is 13.2. The molecule has 1 aliphatic rings. The molecule has 0 aliphatic heterocycles. The molecule has 0 aromatic heterocycles. The summed E-state index contributed by atoms with van der Waals surface area (Å²) in [6.07, 6.45) is 5.09. The zero-order valence-corrected chi connectivity index (χ0v) is 26.0. The minimum absolute atomic E-state index is 0.0232. The highest BCUT2D eigenvalue weighted by Crippen LogP contribution is 2.26. The molecule has 42 heavy (non-hydrogen) atoms. The number of nitrogens with zero attached hydrogens (tertiary/aromatic N) is 2. The van der Waals surface area contributed by atoms with Crippen LogP contribution in [-0.4, -0.2) is 57.1 Å². The second kappa shape index (κ2) is 14.3. The van der Waals surface area contributed by atoms with Gasteiger partial charge in [-0.1, -0.05) is 72.4 Å². The number of ether oxygens (including phenoxy) is 1. The maximum Gasteiger partial charge on any atom is 0.244 e. The van der Waals surface area contributed by atoms with Crippen LogP contribution >= 0.6 is 23.2 Å². The monoisotopic (exact) mass is 631 g/mol. The Morgan fingerprint density at radius 1 is 1.00 bits per heavy atom. The van der Waals surface area contributed by atoms with Crippen LogP contribution in [0.2, 0.25) is 10.0 Å². The summed E-state index contributed by atoms with van der Waals surface area (Å²) in [5.74, 6) is -0.298. The summed E-state index contributed by atoms with van der Waals surface area (Å²) in [7, 11) is -2.37. The van der Waals surface area contributed by atoms with Gasteiger partial charge in [-0.05, 0) is 60.4 Å². The molecular formula is C31H35Cl2N3O5S. The quantitative estimate of drug-likeness (QED) is 0.286. The first-order chi connectivity index (χ1) is 20.0. The lowest BCUT2D eigenvalue weighted by molar-refractivity contribution is -0.140. The first kappa shape index (κ1) is 31.7. The third kappa shape index (κ3) is 8.40. The molecule has 2 amide bonds. The van der Waals surface area contributed by atoms with Crippen molar-refractivity contribution < 1.29 is 22.7 Å². The van der Waals surface area contributed by atoms with Gasteiger partial charge in [-0.3, -0.25) is 13.9 Å². The number of sulfonamides is 1. The molecule has 11 heteroatoms. The minimum Gasteiger partial charge on any atom is -0.497 e. The van der Waals surface area contributed by atoms with Gasteiger partial charge in [-0.2, -0.15) is 0 Å². The Morgan fingerprint density at radius 2 is 1.67 bits per heavy atom. The van der Waals surface area contributed by atoms with Crippen molar-refractivity contribution in [1.29, 1.82) is 0 Å². The lowest BCUT2D eigenvalue weighted by Crippen LogP contribution is -2.54. The zero-order valence-electron chi connectivity index (χ0n) is 23.6. The summed E-state index contributed by atoms with van der Waals surface area (Å²) < 4.78 is 32.1. The van der Waals surface area contributed by atoms with Crippen LogP contribution in [0.3, 0.4) is 0 Å². The molecule has 0 saturated heterocycles. The second-order valence-electron chi connectivity index (χ2n) is 10.4. The van der Waals surface area contributed by atoms with Crippen LogP contribution in [0.4, 0.5) is 5.69 Å². The highest BCUT2D eigenvalue weighted by molar-refractivity contribution is 7.92. The third-order valence-electron chi connectivity index (χ3n) is 7.37. The number of anilines is 1. The fourth-order valence-corrected chi connectivity index (χ4v) is 6.43. The average Bonchev–Trinajstić information content (AvgIpc) is 3.47. The first-order valence-corrected chi connectivity index (χ1v) is 16.3. The van der Waals surface area contributed by atoms with E-state index in [1.54, 1.807) is 42.5 Å². The number of carbonyl (C=O) groups is 2. The number of amides is 2. The van der Waals surface area contributed by atoms with Crippen molar-refractivity contribution in [3.05, 3.63) is 94.0 Å². The van der Waals surface area contributed by atoms with Crippen LogP contribution in [0.15, 0.2) is 72.8 Å². The number of rotatable bonds is 12. The van der Waals surface area contributed by atoms with Gasteiger partial charge in [0.1, 0.15) is 18.3 Å². The van der Waals surface area contributed by atoms with E-state index in [-0.39, 0.29) is 24.9 Å².